The van der Waals surface area contributed by atoms with Gasteiger partial charge in [-0.2, -0.15) is 0 Å². The predicted molar refractivity (Wildman–Crippen MR) is 118 cm³/mol. The Morgan fingerprint density at radius 1 is 1.23 bits per heavy atom. The van der Waals surface area contributed by atoms with Gasteiger partial charge in [0, 0.05) is 38.1 Å². The van der Waals surface area contributed by atoms with E-state index in [1.807, 2.05) is 24.4 Å². The van der Waals surface area contributed by atoms with E-state index in [2.05, 4.69) is 26.6 Å². The lowest BCUT2D eigenvalue weighted by atomic mass is 9.91. The fourth-order valence-corrected chi connectivity index (χ4v) is 4.68. The maximum absolute atomic E-state index is 13.4. The Balaban J connectivity index is 0.00000256. The number of benzene rings is 1. The molecule has 2 unspecified atom stereocenters. The van der Waals surface area contributed by atoms with Crippen molar-refractivity contribution in [1.29, 1.82) is 0 Å². The van der Waals surface area contributed by atoms with E-state index >= 15 is 0 Å². The van der Waals surface area contributed by atoms with Crippen LogP contribution in [0.15, 0.2) is 48.8 Å². The summed E-state index contributed by atoms with van der Waals surface area (Å²) in [6.45, 7) is 2.85. The van der Waals surface area contributed by atoms with Gasteiger partial charge in [0.2, 0.25) is 5.91 Å². The average molecular weight is 433 g/mol. The molecular weight excluding hydrogens is 403 g/mol. The second-order valence-corrected chi connectivity index (χ2v) is 8.12. The van der Waals surface area contributed by atoms with E-state index in [0.29, 0.717) is 12.5 Å². The molecule has 5 nitrogen and oxygen atoms in total. The van der Waals surface area contributed by atoms with E-state index in [0.717, 1.165) is 43.6 Å². The minimum Gasteiger partial charge on any atom is -0.348 e. The molecule has 1 amide bonds. The Hall–Kier alpha value is -2.02. The Bertz CT molecular complexity index is 799. The Morgan fingerprint density at radius 3 is 2.70 bits per heavy atom. The molecule has 0 spiro atoms. The summed E-state index contributed by atoms with van der Waals surface area (Å²) in [5.74, 6) is 0.203. The number of pyridine rings is 1. The molecule has 2 heterocycles. The van der Waals surface area contributed by atoms with Crippen molar-refractivity contribution in [2.45, 2.75) is 37.8 Å². The number of rotatable bonds is 6. The number of amides is 1. The second-order valence-electron chi connectivity index (χ2n) is 8.12. The average Bonchev–Trinajstić information content (AvgIpc) is 3.28. The van der Waals surface area contributed by atoms with Gasteiger partial charge in [0.05, 0.1) is 12.6 Å². The third-order valence-corrected chi connectivity index (χ3v) is 6.19. The summed E-state index contributed by atoms with van der Waals surface area (Å²) in [5, 5.41) is 6.69. The SMILES string of the molecule is Cl.O=C(CN1CCNCC1c1cccnc1)NC(c1ccc(F)cc1)C1CCCC1. The summed E-state index contributed by atoms with van der Waals surface area (Å²) < 4.78 is 13.4. The highest BCUT2D eigenvalue weighted by atomic mass is 35.5. The van der Waals surface area contributed by atoms with E-state index in [-0.39, 0.29) is 36.2 Å². The molecule has 162 valence electrons. The number of aromatic nitrogens is 1. The second kappa shape index (κ2) is 10.8. The van der Waals surface area contributed by atoms with Crippen LogP contribution in [0.3, 0.4) is 0 Å². The van der Waals surface area contributed by atoms with Gasteiger partial charge < -0.3 is 10.6 Å². The molecule has 1 aliphatic heterocycles. The lowest BCUT2D eigenvalue weighted by Crippen LogP contribution is -2.50. The van der Waals surface area contributed by atoms with Crippen LogP contribution in [-0.2, 0) is 4.79 Å². The zero-order valence-corrected chi connectivity index (χ0v) is 17.9. The molecule has 1 aliphatic carbocycles. The first-order valence-electron chi connectivity index (χ1n) is 10.6. The van der Waals surface area contributed by atoms with E-state index in [9.17, 15) is 9.18 Å². The van der Waals surface area contributed by atoms with Gasteiger partial charge in [-0.15, -0.1) is 12.4 Å². The van der Waals surface area contributed by atoms with Crippen molar-refractivity contribution >= 4 is 18.3 Å². The maximum atomic E-state index is 13.4. The third kappa shape index (κ3) is 5.56. The fraction of sp³-hybridized carbons (Fsp3) is 0.478. The van der Waals surface area contributed by atoms with Gasteiger partial charge in [0.15, 0.2) is 0 Å². The maximum Gasteiger partial charge on any atom is 0.234 e. The normalized spacial score (nSPS) is 21.0. The van der Waals surface area contributed by atoms with Gasteiger partial charge in [-0.05, 0) is 48.1 Å². The van der Waals surface area contributed by atoms with Crippen molar-refractivity contribution < 1.29 is 9.18 Å². The van der Waals surface area contributed by atoms with Crippen molar-refractivity contribution in [1.82, 2.24) is 20.5 Å². The van der Waals surface area contributed by atoms with Gasteiger partial charge in [0.1, 0.15) is 5.82 Å². The topological polar surface area (TPSA) is 57.3 Å². The van der Waals surface area contributed by atoms with Crippen molar-refractivity contribution in [3.05, 3.63) is 65.7 Å². The summed E-state index contributed by atoms with van der Waals surface area (Å²) >= 11 is 0. The predicted octanol–water partition coefficient (Wildman–Crippen LogP) is 3.64. The molecule has 2 aromatic rings. The number of nitrogens with zero attached hydrogens (tertiary/aromatic N) is 2. The highest BCUT2D eigenvalue weighted by Crippen LogP contribution is 2.36. The quantitative estimate of drug-likeness (QED) is 0.731. The molecule has 1 aromatic heterocycles. The molecule has 7 heteroatoms. The highest BCUT2D eigenvalue weighted by molar-refractivity contribution is 5.85. The Morgan fingerprint density at radius 2 is 2.00 bits per heavy atom. The summed E-state index contributed by atoms with van der Waals surface area (Å²) in [4.78, 5) is 19.5. The zero-order chi connectivity index (χ0) is 20.1. The first-order chi connectivity index (χ1) is 14.2. The minimum atomic E-state index is -0.245. The molecule has 2 N–H and O–H groups in total. The summed E-state index contributed by atoms with van der Waals surface area (Å²) in [5.41, 5.74) is 2.12. The number of hydrogen-bond acceptors (Lipinski definition) is 4. The van der Waals surface area contributed by atoms with Gasteiger partial charge in [0.25, 0.3) is 0 Å². The summed E-state index contributed by atoms with van der Waals surface area (Å²) in [6, 6.07) is 10.7. The van der Waals surface area contributed by atoms with E-state index < -0.39 is 0 Å². The van der Waals surface area contributed by atoms with Crippen molar-refractivity contribution in [3.8, 4) is 0 Å². The lowest BCUT2D eigenvalue weighted by molar-refractivity contribution is -0.124. The van der Waals surface area contributed by atoms with Gasteiger partial charge >= 0.3 is 0 Å². The van der Waals surface area contributed by atoms with Crippen LogP contribution >= 0.6 is 12.4 Å². The lowest BCUT2D eigenvalue weighted by Gasteiger charge is -2.36. The van der Waals surface area contributed by atoms with E-state index in [1.54, 1.807) is 6.20 Å². The third-order valence-electron chi connectivity index (χ3n) is 6.19. The van der Waals surface area contributed by atoms with Crippen LogP contribution in [0.1, 0.15) is 48.9 Å². The molecule has 1 aromatic carbocycles. The van der Waals surface area contributed by atoms with E-state index in [4.69, 9.17) is 0 Å². The molecule has 4 rings (SSSR count). The monoisotopic (exact) mass is 432 g/mol. The molecule has 0 radical (unpaired) electrons. The first kappa shape index (κ1) is 22.7. The van der Waals surface area contributed by atoms with Gasteiger partial charge in [-0.25, -0.2) is 4.39 Å². The fourth-order valence-electron chi connectivity index (χ4n) is 4.68. The van der Waals surface area contributed by atoms with Crippen molar-refractivity contribution in [2.24, 2.45) is 5.92 Å². The molecule has 0 bridgehead atoms. The molecule has 2 fully saturated rings. The van der Waals surface area contributed by atoms with Crippen LogP contribution in [0.4, 0.5) is 4.39 Å². The van der Waals surface area contributed by atoms with Crippen LogP contribution in [-0.4, -0.2) is 42.0 Å². The van der Waals surface area contributed by atoms with Crippen LogP contribution in [0, 0.1) is 11.7 Å². The van der Waals surface area contributed by atoms with Crippen LogP contribution < -0.4 is 10.6 Å². The van der Waals surface area contributed by atoms with Crippen LogP contribution in [0.2, 0.25) is 0 Å². The van der Waals surface area contributed by atoms with Gasteiger partial charge in [-0.1, -0.05) is 31.0 Å². The Kier molecular flexibility index (Phi) is 8.19. The smallest absolute Gasteiger partial charge is 0.234 e. The summed E-state index contributed by atoms with van der Waals surface area (Å²) in [7, 11) is 0. The molecular formula is C23H30ClFN4O. The van der Waals surface area contributed by atoms with Crippen LogP contribution in [0.5, 0.6) is 0 Å². The minimum absolute atomic E-state index is 0. The zero-order valence-electron chi connectivity index (χ0n) is 17.1. The summed E-state index contributed by atoms with van der Waals surface area (Å²) in [6.07, 6.45) is 8.24. The van der Waals surface area contributed by atoms with Crippen molar-refractivity contribution in [2.75, 3.05) is 26.2 Å². The first-order valence-corrected chi connectivity index (χ1v) is 10.6. The molecule has 2 aliphatic rings. The molecule has 1 saturated carbocycles. The van der Waals surface area contributed by atoms with Crippen molar-refractivity contribution in [3.63, 3.8) is 0 Å². The van der Waals surface area contributed by atoms with E-state index in [1.165, 1.54) is 25.0 Å². The number of hydrogen-bond donors (Lipinski definition) is 2. The molecule has 30 heavy (non-hydrogen) atoms. The molecule has 2 atom stereocenters. The number of nitrogens with one attached hydrogen (secondary N) is 2. The molecule has 1 saturated heterocycles. The number of piperazine rings is 1. The number of carbonyl (C=O) groups is 1. The number of halogens is 2. The largest absolute Gasteiger partial charge is 0.348 e. The van der Waals surface area contributed by atoms with Crippen LogP contribution in [0.25, 0.3) is 0 Å². The van der Waals surface area contributed by atoms with Gasteiger partial charge in [-0.3, -0.25) is 14.7 Å². The highest BCUT2D eigenvalue weighted by Gasteiger charge is 2.30. The standard InChI is InChI=1S/C23H29FN4O.ClH/c24-20-9-7-18(8-10-20)23(17-4-1-2-5-17)27-22(29)16-28-13-12-26-15-21(28)19-6-3-11-25-14-19;/h3,6-11,14,17,21,23,26H,1-2,4-5,12-13,15-16H2,(H,27,29);1H. The Labute approximate surface area is 183 Å². The number of carbonyl (C=O) groups excluding carboxylic acids is 1.